The third kappa shape index (κ3) is 4.85. The lowest BCUT2D eigenvalue weighted by Gasteiger charge is -2.34. The van der Waals surface area contributed by atoms with Crippen molar-refractivity contribution in [3.05, 3.63) is 29.3 Å². The molecule has 0 spiro atoms. The van der Waals surface area contributed by atoms with Gasteiger partial charge in [-0.15, -0.1) is 0 Å². The van der Waals surface area contributed by atoms with E-state index in [9.17, 15) is 4.79 Å². The predicted molar refractivity (Wildman–Crippen MR) is 88.5 cm³/mol. The highest BCUT2D eigenvalue weighted by molar-refractivity contribution is 5.90. The van der Waals surface area contributed by atoms with Crippen molar-refractivity contribution in [3.8, 4) is 0 Å². The minimum absolute atomic E-state index is 0.115. The smallest absolute Gasteiger partial charge is 0.225 e. The number of likely N-dealkylation sites (tertiary alicyclic amines) is 1. The van der Waals surface area contributed by atoms with Crippen molar-refractivity contribution in [2.45, 2.75) is 40.5 Å². The molecule has 1 fully saturated rings. The van der Waals surface area contributed by atoms with Gasteiger partial charge in [-0.05, 0) is 55.4 Å². The minimum Gasteiger partial charge on any atom is -0.326 e. The summed E-state index contributed by atoms with van der Waals surface area (Å²) in [5.74, 6) is 1.61. The standard InChI is InChI=1S/C18H28N2O/c1-13-9-14(2)12-20(11-13)8-7-18(21)19-17-6-5-15(3)16(4)10-17/h5-6,10,13-14H,7-9,11-12H2,1-4H3,(H,19,21). The van der Waals surface area contributed by atoms with Gasteiger partial charge in [0.25, 0.3) is 0 Å². The van der Waals surface area contributed by atoms with E-state index in [1.807, 2.05) is 12.1 Å². The number of hydrogen-bond acceptors (Lipinski definition) is 2. The van der Waals surface area contributed by atoms with Crippen LogP contribution < -0.4 is 5.32 Å². The SMILES string of the molecule is Cc1ccc(NC(=O)CCN2CC(C)CC(C)C2)cc1C. The first kappa shape index (κ1) is 16.0. The van der Waals surface area contributed by atoms with Crippen molar-refractivity contribution in [1.29, 1.82) is 0 Å². The molecule has 3 heteroatoms. The van der Waals surface area contributed by atoms with Gasteiger partial charge in [-0.25, -0.2) is 0 Å². The van der Waals surface area contributed by atoms with Gasteiger partial charge in [-0.1, -0.05) is 19.9 Å². The molecule has 1 aromatic rings. The zero-order valence-electron chi connectivity index (χ0n) is 13.8. The third-order valence-corrected chi connectivity index (χ3v) is 4.39. The fourth-order valence-electron chi connectivity index (χ4n) is 3.28. The van der Waals surface area contributed by atoms with Crippen LogP contribution in [0.5, 0.6) is 0 Å². The van der Waals surface area contributed by atoms with Crippen molar-refractivity contribution < 1.29 is 4.79 Å². The van der Waals surface area contributed by atoms with Crippen molar-refractivity contribution in [3.63, 3.8) is 0 Å². The van der Waals surface area contributed by atoms with E-state index in [1.54, 1.807) is 0 Å². The number of hydrogen-bond donors (Lipinski definition) is 1. The lowest BCUT2D eigenvalue weighted by atomic mass is 9.92. The van der Waals surface area contributed by atoms with Gasteiger partial charge >= 0.3 is 0 Å². The van der Waals surface area contributed by atoms with E-state index in [0.717, 1.165) is 37.2 Å². The van der Waals surface area contributed by atoms with Crippen LogP contribution in [0.1, 0.15) is 37.8 Å². The van der Waals surface area contributed by atoms with Gasteiger partial charge in [0.15, 0.2) is 0 Å². The zero-order valence-corrected chi connectivity index (χ0v) is 13.8. The molecular formula is C18H28N2O. The number of anilines is 1. The molecular weight excluding hydrogens is 260 g/mol. The quantitative estimate of drug-likeness (QED) is 0.918. The molecule has 0 bridgehead atoms. The Morgan fingerprint density at radius 1 is 1.19 bits per heavy atom. The minimum atomic E-state index is 0.115. The van der Waals surface area contributed by atoms with Crippen LogP contribution in [-0.2, 0) is 4.79 Å². The average molecular weight is 288 g/mol. The monoisotopic (exact) mass is 288 g/mol. The zero-order chi connectivity index (χ0) is 15.4. The molecule has 1 N–H and O–H groups in total. The Morgan fingerprint density at radius 3 is 2.48 bits per heavy atom. The van der Waals surface area contributed by atoms with E-state index in [0.29, 0.717) is 6.42 Å². The van der Waals surface area contributed by atoms with Gasteiger partial charge in [0, 0.05) is 31.7 Å². The van der Waals surface area contributed by atoms with E-state index < -0.39 is 0 Å². The van der Waals surface area contributed by atoms with Crippen molar-refractivity contribution in [2.75, 3.05) is 25.0 Å². The van der Waals surface area contributed by atoms with Crippen molar-refractivity contribution in [2.24, 2.45) is 11.8 Å². The normalized spacial score (nSPS) is 23.0. The van der Waals surface area contributed by atoms with Crippen LogP contribution in [0.25, 0.3) is 0 Å². The van der Waals surface area contributed by atoms with E-state index in [1.165, 1.54) is 17.5 Å². The molecule has 1 amide bonds. The summed E-state index contributed by atoms with van der Waals surface area (Å²) < 4.78 is 0. The Hall–Kier alpha value is -1.35. The van der Waals surface area contributed by atoms with Crippen LogP contribution in [0, 0.1) is 25.7 Å². The van der Waals surface area contributed by atoms with Gasteiger partial charge < -0.3 is 10.2 Å². The van der Waals surface area contributed by atoms with Crippen LogP contribution in [0.4, 0.5) is 5.69 Å². The second kappa shape index (κ2) is 7.08. The summed E-state index contributed by atoms with van der Waals surface area (Å²) in [5.41, 5.74) is 3.37. The van der Waals surface area contributed by atoms with Crippen molar-refractivity contribution >= 4 is 11.6 Å². The number of piperidine rings is 1. The Balaban J connectivity index is 1.80. The fraction of sp³-hybridized carbons (Fsp3) is 0.611. The first-order valence-electron chi connectivity index (χ1n) is 8.03. The molecule has 3 nitrogen and oxygen atoms in total. The number of amides is 1. The second-order valence-electron chi connectivity index (χ2n) is 6.80. The number of aryl methyl sites for hydroxylation is 2. The van der Waals surface area contributed by atoms with Crippen molar-refractivity contribution in [1.82, 2.24) is 4.90 Å². The number of carbonyl (C=O) groups is 1. The third-order valence-electron chi connectivity index (χ3n) is 4.39. The lowest BCUT2D eigenvalue weighted by molar-refractivity contribution is -0.116. The maximum absolute atomic E-state index is 12.1. The highest BCUT2D eigenvalue weighted by atomic mass is 16.1. The Kier molecular flexibility index (Phi) is 5.40. The highest BCUT2D eigenvalue weighted by Crippen LogP contribution is 2.21. The van der Waals surface area contributed by atoms with Crippen LogP contribution >= 0.6 is 0 Å². The largest absolute Gasteiger partial charge is 0.326 e. The summed E-state index contributed by atoms with van der Waals surface area (Å²) in [6, 6.07) is 6.07. The molecule has 1 aromatic carbocycles. The topological polar surface area (TPSA) is 32.3 Å². The van der Waals surface area contributed by atoms with Crippen LogP contribution in [-0.4, -0.2) is 30.4 Å². The Morgan fingerprint density at radius 2 is 1.86 bits per heavy atom. The number of benzene rings is 1. The molecule has 0 aliphatic carbocycles. The molecule has 1 aliphatic heterocycles. The van der Waals surface area contributed by atoms with E-state index in [2.05, 4.69) is 44.0 Å². The highest BCUT2D eigenvalue weighted by Gasteiger charge is 2.21. The van der Waals surface area contributed by atoms with Gasteiger partial charge in [0.2, 0.25) is 5.91 Å². The van der Waals surface area contributed by atoms with Crippen LogP contribution in [0.15, 0.2) is 18.2 Å². The molecule has 0 radical (unpaired) electrons. The van der Waals surface area contributed by atoms with Gasteiger partial charge in [0.1, 0.15) is 0 Å². The second-order valence-corrected chi connectivity index (χ2v) is 6.80. The summed E-state index contributed by atoms with van der Waals surface area (Å²) in [6.45, 7) is 11.9. The number of rotatable bonds is 4. The maximum Gasteiger partial charge on any atom is 0.225 e. The molecule has 0 aromatic heterocycles. The maximum atomic E-state index is 12.1. The molecule has 1 saturated heterocycles. The van der Waals surface area contributed by atoms with E-state index in [4.69, 9.17) is 0 Å². The molecule has 2 rings (SSSR count). The number of carbonyl (C=O) groups excluding carboxylic acids is 1. The predicted octanol–water partition coefficient (Wildman–Crippen LogP) is 3.61. The van der Waals surface area contributed by atoms with E-state index >= 15 is 0 Å². The van der Waals surface area contributed by atoms with Gasteiger partial charge in [0.05, 0.1) is 0 Å². The summed E-state index contributed by atoms with van der Waals surface area (Å²) >= 11 is 0. The molecule has 0 saturated carbocycles. The number of nitrogens with zero attached hydrogens (tertiary/aromatic N) is 1. The van der Waals surface area contributed by atoms with Crippen LogP contribution in [0.2, 0.25) is 0 Å². The van der Waals surface area contributed by atoms with E-state index in [-0.39, 0.29) is 5.91 Å². The molecule has 1 heterocycles. The first-order chi connectivity index (χ1) is 9.94. The Bertz CT molecular complexity index is 488. The summed E-state index contributed by atoms with van der Waals surface area (Å²) in [7, 11) is 0. The lowest BCUT2D eigenvalue weighted by Crippen LogP contribution is -2.40. The van der Waals surface area contributed by atoms with Crippen LogP contribution in [0.3, 0.4) is 0 Å². The van der Waals surface area contributed by atoms with Gasteiger partial charge in [-0.2, -0.15) is 0 Å². The summed E-state index contributed by atoms with van der Waals surface area (Å²) in [5, 5.41) is 3.01. The molecule has 1 aliphatic rings. The fourth-order valence-corrected chi connectivity index (χ4v) is 3.28. The molecule has 2 unspecified atom stereocenters. The molecule has 2 atom stereocenters. The molecule has 116 valence electrons. The molecule has 21 heavy (non-hydrogen) atoms. The summed E-state index contributed by atoms with van der Waals surface area (Å²) in [6.07, 6.45) is 1.89. The van der Waals surface area contributed by atoms with Gasteiger partial charge in [-0.3, -0.25) is 4.79 Å². The number of nitrogens with one attached hydrogen (secondary N) is 1. The summed E-state index contributed by atoms with van der Waals surface area (Å²) in [4.78, 5) is 14.5. The first-order valence-corrected chi connectivity index (χ1v) is 8.03. The average Bonchev–Trinajstić information content (AvgIpc) is 2.40. The Labute approximate surface area is 128 Å².